The van der Waals surface area contributed by atoms with E-state index in [-0.39, 0.29) is 11.8 Å². The molecule has 0 N–H and O–H groups in total. The van der Waals surface area contributed by atoms with Crippen molar-refractivity contribution in [3.63, 3.8) is 0 Å². The highest BCUT2D eigenvalue weighted by Crippen LogP contribution is 2.43. The predicted molar refractivity (Wildman–Crippen MR) is 91.2 cm³/mol. The van der Waals surface area contributed by atoms with Crippen molar-refractivity contribution in [1.29, 1.82) is 0 Å². The summed E-state index contributed by atoms with van der Waals surface area (Å²) in [6.45, 7) is 9.34. The highest BCUT2D eigenvalue weighted by atomic mass is 19.4. The first-order valence-electron chi connectivity index (χ1n) is 9.35. The highest BCUT2D eigenvalue weighted by molar-refractivity contribution is 5.78. The molecule has 1 aliphatic carbocycles. The molecule has 1 heterocycles. The third-order valence-corrected chi connectivity index (χ3v) is 5.43. The van der Waals surface area contributed by atoms with Gasteiger partial charge in [0, 0.05) is 6.54 Å². The van der Waals surface area contributed by atoms with Crippen LogP contribution in [0.25, 0.3) is 0 Å². The fourth-order valence-corrected chi connectivity index (χ4v) is 4.48. The zero-order valence-corrected chi connectivity index (χ0v) is 16.2. The fourth-order valence-electron chi connectivity index (χ4n) is 4.48. The van der Waals surface area contributed by atoms with Gasteiger partial charge in [0.1, 0.15) is 12.5 Å². The van der Waals surface area contributed by atoms with Crippen LogP contribution in [-0.4, -0.2) is 41.6 Å². The van der Waals surface area contributed by atoms with E-state index in [1.54, 1.807) is 27.7 Å². The molecule has 0 aromatic rings. The summed E-state index contributed by atoms with van der Waals surface area (Å²) in [4.78, 5) is 26.0. The van der Waals surface area contributed by atoms with Crippen molar-refractivity contribution in [2.45, 2.75) is 78.6 Å². The molecule has 5 atom stereocenters. The first-order chi connectivity index (χ1) is 11.8. The van der Waals surface area contributed by atoms with Crippen LogP contribution in [-0.2, 0) is 14.3 Å². The molecule has 150 valence electrons. The van der Waals surface area contributed by atoms with Crippen LogP contribution in [0.3, 0.4) is 0 Å². The zero-order chi connectivity index (χ0) is 19.9. The van der Waals surface area contributed by atoms with E-state index in [1.807, 2.05) is 0 Å². The van der Waals surface area contributed by atoms with E-state index in [9.17, 15) is 22.8 Å². The topological polar surface area (TPSA) is 46.6 Å². The summed E-state index contributed by atoms with van der Waals surface area (Å²) in [5.74, 6) is -0.559. The van der Waals surface area contributed by atoms with Crippen molar-refractivity contribution in [2.75, 3.05) is 6.54 Å². The van der Waals surface area contributed by atoms with E-state index < -0.39 is 42.0 Å². The standard InChI is InChI=1S/C19H30F3NO3/c1-11-6-13-8-14(7-11)16(12(2)26-17(25)18(3,4)5)23(10-13)15(24)9-19(20,21)22/h11-14,16H,6-10H2,1-5H3/t11?,12?,13?,14-,16?/m1/s1. The van der Waals surface area contributed by atoms with Crippen LogP contribution in [0.5, 0.6) is 0 Å². The van der Waals surface area contributed by atoms with Crippen LogP contribution >= 0.6 is 0 Å². The van der Waals surface area contributed by atoms with Crippen molar-refractivity contribution in [2.24, 2.45) is 23.2 Å². The molecular weight excluding hydrogens is 347 g/mol. The quantitative estimate of drug-likeness (QED) is 0.693. The number of piperidine rings is 1. The first kappa shape index (κ1) is 21.0. The molecule has 26 heavy (non-hydrogen) atoms. The second kappa shape index (κ2) is 7.39. The Balaban J connectivity index is 2.23. The average Bonchev–Trinajstić information content (AvgIpc) is 2.42. The third-order valence-electron chi connectivity index (χ3n) is 5.43. The summed E-state index contributed by atoms with van der Waals surface area (Å²) >= 11 is 0. The van der Waals surface area contributed by atoms with E-state index in [1.165, 1.54) is 4.90 Å². The van der Waals surface area contributed by atoms with Crippen molar-refractivity contribution in [3.05, 3.63) is 0 Å². The smallest absolute Gasteiger partial charge is 0.397 e. The molecule has 7 heteroatoms. The van der Waals surface area contributed by atoms with Crippen molar-refractivity contribution >= 4 is 11.9 Å². The monoisotopic (exact) mass is 377 g/mol. The van der Waals surface area contributed by atoms with Crippen LogP contribution in [0, 0.1) is 23.2 Å². The fraction of sp³-hybridized carbons (Fsp3) is 0.895. The van der Waals surface area contributed by atoms with Crippen LogP contribution in [0.15, 0.2) is 0 Å². The minimum atomic E-state index is -4.53. The minimum absolute atomic E-state index is 0.0671. The molecule has 2 rings (SSSR count). The lowest BCUT2D eigenvalue weighted by molar-refractivity contribution is -0.178. The molecule has 0 aromatic heterocycles. The number of ether oxygens (including phenoxy) is 1. The molecule has 0 radical (unpaired) electrons. The normalized spacial score (nSPS) is 30.7. The predicted octanol–water partition coefficient (Wildman–Crippen LogP) is 4.18. The van der Waals surface area contributed by atoms with Gasteiger partial charge in [-0.25, -0.2) is 0 Å². The van der Waals surface area contributed by atoms with Gasteiger partial charge < -0.3 is 9.64 Å². The molecule has 1 saturated heterocycles. The lowest BCUT2D eigenvalue weighted by Crippen LogP contribution is -2.59. The van der Waals surface area contributed by atoms with Gasteiger partial charge in [0.05, 0.1) is 11.5 Å². The number of carbonyl (C=O) groups is 2. The Labute approximate surface area is 153 Å². The SMILES string of the molecule is CC1CC2C[C@@H](C1)C(C(C)OC(=O)C(C)(C)C)N(C(=O)CC(F)(F)F)C2. The summed E-state index contributed by atoms with van der Waals surface area (Å²) in [5, 5.41) is 0. The number of carbonyl (C=O) groups excluding carboxylic acids is 2. The number of esters is 1. The number of amides is 1. The number of likely N-dealkylation sites (tertiary alicyclic amines) is 1. The third kappa shape index (κ3) is 5.13. The van der Waals surface area contributed by atoms with Crippen molar-refractivity contribution in [1.82, 2.24) is 4.90 Å². The molecule has 0 spiro atoms. The molecule has 1 saturated carbocycles. The van der Waals surface area contributed by atoms with Gasteiger partial charge in [-0.15, -0.1) is 0 Å². The molecule has 4 nitrogen and oxygen atoms in total. The highest BCUT2D eigenvalue weighted by Gasteiger charge is 2.47. The van der Waals surface area contributed by atoms with E-state index in [0.29, 0.717) is 12.5 Å². The molecule has 2 aliphatic rings. The van der Waals surface area contributed by atoms with Crippen LogP contribution in [0.4, 0.5) is 13.2 Å². The first-order valence-corrected chi connectivity index (χ1v) is 9.35. The van der Waals surface area contributed by atoms with Gasteiger partial charge >= 0.3 is 12.1 Å². The molecule has 1 amide bonds. The summed E-state index contributed by atoms with van der Waals surface area (Å²) in [6, 6.07) is -0.491. The lowest BCUT2D eigenvalue weighted by atomic mass is 9.68. The molecule has 2 bridgehead atoms. The second-order valence-electron chi connectivity index (χ2n) is 9.13. The van der Waals surface area contributed by atoms with Gasteiger partial charge in [-0.05, 0) is 64.7 Å². The zero-order valence-electron chi connectivity index (χ0n) is 16.2. The molecular formula is C19H30F3NO3. The number of fused-ring (bicyclic) bond motifs is 2. The Morgan fingerprint density at radius 2 is 1.77 bits per heavy atom. The Morgan fingerprint density at radius 3 is 2.31 bits per heavy atom. The Hall–Kier alpha value is -1.27. The molecule has 0 aromatic carbocycles. The maximum Gasteiger partial charge on any atom is 0.397 e. The number of halogens is 3. The minimum Gasteiger partial charge on any atom is -0.460 e. The van der Waals surface area contributed by atoms with Crippen molar-refractivity contribution in [3.8, 4) is 0 Å². The van der Waals surface area contributed by atoms with E-state index >= 15 is 0 Å². The summed E-state index contributed by atoms with van der Waals surface area (Å²) in [5.41, 5.74) is -0.702. The summed E-state index contributed by atoms with van der Waals surface area (Å²) in [6.07, 6.45) is -3.98. The Bertz CT molecular complexity index is 539. The maximum atomic E-state index is 12.8. The number of hydrogen-bond donors (Lipinski definition) is 0. The number of nitrogens with zero attached hydrogens (tertiary/aromatic N) is 1. The van der Waals surface area contributed by atoms with Gasteiger partial charge in [-0.1, -0.05) is 6.92 Å². The van der Waals surface area contributed by atoms with E-state index in [0.717, 1.165) is 19.3 Å². The van der Waals surface area contributed by atoms with E-state index in [2.05, 4.69) is 6.92 Å². The maximum absolute atomic E-state index is 12.8. The lowest BCUT2D eigenvalue weighted by Gasteiger charge is -2.51. The second-order valence-corrected chi connectivity index (χ2v) is 9.13. The van der Waals surface area contributed by atoms with Crippen LogP contribution < -0.4 is 0 Å². The summed E-state index contributed by atoms with van der Waals surface area (Å²) < 4.78 is 43.9. The van der Waals surface area contributed by atoms with E-state index in [4.69, 9.17) is 4.74 Å². The average molecular weight is 377 g/mol. The molecule has 4 unspecified atom stereocenters. The van der Waals surface area contributed by atoms with Gasteiger partial charge in [0.2, 0.25) is 5.91 Å². The number of alkyl halides is 3. The van der Waals surface area contributed by atoms with Crippen LogP contribution in [0.1, 0.15) is 60.3 Å². The number of hydrogen-bond acceptors (Lipinski definition) is 3. The van der Waals surface area contributed by atoms with Crippen LogP contribution in [0.2, 0.25) is 0 Å². The van der Waals surface area contributed by atoms with Crippen molar-refractivity contribution < 1.29 is 27.5 Å². The molecule has 1 aliphatic heterocycles. The summed E-state index contributed by atoms with van der Waals surface area (Å²) in [7, 11) is 0. The van der Waals surface area contributed by atoms with Gasteiger partial charge in [-0.3, -0.25) is 9.59 Å². The van der Waals surface area contributed by atoms with Gasteiger partial charge in [-0.2, -0.15) is 13.2 Å². The Kier molecular flexibility index (Phi) is 5.98. The van der Waals surface area contributed by atoms with Gasteiger partial charge in [0.15, 0.2) is 0 Å². The van der Waals surface area contributed by atoms with Gasteiger partial charge in [0.25, 0.3) is 0 Å². The number of rotatable bonds is 3. The Morgan fingerprint density at radius 1 is 1.15 bits per heavy atom. The largest absolute Gasteiger partial charge is 0.460 e. The molecule has 2 fully saturated rings.